The van der Waals surface area contributed by atoms with Gasteiger partial charge in [-0.05, 0) is 19.1 Å². The van der Waals surface area contributed by atoms with Crippen molar-refractivity contribution in [3.8, 4) is 0 Å². The Morgan fingerprint density at radius 2 is 2.06 bits per heavy atom. The highest BCUT2D eigenvalue weighted by Crippen LogP contribution is 2.34. The molecule has 96 valence electrons. The van der Waals surface area contributed by atoms with Crippen LogP contribution in [0.1, 0.15) is 19.4 Å². The molecule has 18 heavy (non-hydrogen) atoms. The number of amides is 1. The third-order valence-electron chi connectivity index (χ3n) is 3.21. The molecular weight excluding hydrogens is 236 g/mol. The maximum Gasteiger partial charge on any atom is 0.269 e. The number of nitrogens with zero attached hydrogens (tertiary/aromatic N) is 2. The second kappa shape index (κ2) is 4.38. The Labute approximate surface area is 104 Å². The van der Waals surface area contributed by atoms with Crippen LogP contribution in [0.2, 0.25) is 0 Å². The van der Waals surface area contributed by atoms with E-state index < -0.39 is 10.6 Å². The minimum Gasteiger partial charge on any atom is -0.350 e. The number of hydrogen-bond acceptors (Lipinski definition) is 4. The first-order chi connectivity index (χ1) is 8.45. The third kappa shape index (κ3) is 1.95. The summed E-state index contributed by atoms with van der Waals surface area (Å²) in [6, 6.07) is 6.08. The quantitative estimate of drug-likeness (QED) is 0.591. The topological polar surface area (TPSA) is 72.7 Å². The van der Waals surface area contributed by atoms with Crippen molar-refractivity contribution in [1.82, 2.24) is 4.90 Å². The van der Waals surface area contributed by atoms with Gasteiger partial charge in [0.1, 0.15) is 0 Å². The molecule has 1 aliphatic heterocycles. The van der Waals surface area contributed by atoms with E-state index in [4.69, 9.17) is 4.74 Å². The first kappa shape index (κ1) is 12.5. The lowest BCUT2D eigenvalue weighted by molar-refractivity contribution is -0.384. The summed E-state index contributed by atoms with van der Waals surface area (Å²) in [5.41, 5.74) is -0.0726. The van der Waals surface area contributed by atoms with Gasteiger partial charge in [0.15, 0.2) is 5.72 Å². The molecule has 0 aromatic heterocycles. The van der Waals surface area contributed by atoms with Gasteiger partial charge in [-0.2, -0.15) is 0 Å². The summed E-state index contributed by atoms with van der Waals surface area (Å²) in [7, 11) is 0. The van der Waals surface area contributed by atoms with Crippen LogP contribution in [0.5, 0.6) is 0 Å². The standard InChI is InChI=1S/C12H14N2O4/c1-9(15)13-7-8-18-12(13,2)10-3-5-11(6-4-10)14(16)17/h3-6H,7-8H2,1-2H3/t12-/m0/s1. The molecule has 1 saturated heterocycles. The molecule has 1 atom stereocenters. The van der Waals surface area contributed by atoms with Crippen LogP contribution in [0.25, 0.3) is 0 Å². The largest absolute Gasteiger partial charge is 0.350 e. The molecule has 0 radical (unpaired) electrons. The van der Waals surface area contributed by atoms with Gasteiger partial charge in [-0.15, -0.1) is 0 Å². The van der Waals surface area contributed by atoms with Crippen LogP contribution in [0, 0.1) is 10.1 Å². The average Bonchev–Trinajstić information content (AvgIpc) is 2.73. The number of carbonyl (C=O) groups excluding carboxylic acids is 1. The number of nitro groups is 1. The zero-order valence-electron chi connectivity index (χ0n) is 10.3. The van der Waals surface area contributed by atoms with Gasteiger partial charge in [0.25, 0.3) is 5.69 Å². The van der Waals surface area contributed by atoms with E-state index in [0.29, 0.717) is 13.2 Å². The fourth-order valence-electron chi connectivity index (χ4n) is 2.22. The third-order valence-corrected chi connectivity index (χ3v) is 3.21. The first-order valence-electron chi connectivity index (χ1n) is 5.62. The van der Waals surface area contributed by atoms with E-state index >= 15 is 0 Å². The summed E-state index contributed by atoms with van der Waals surface area (Å²) in [6.07, 6.45) is 0. The molecular formula is C12H14N2O4. The Bertz CT molecular complexity index is 485. The van der Waals surface area contributed by atoms with E-state index in [1.54, 1.807) is 24.0 Å². The van der Waals surface area contributed by atoms with Gasteiger partial charge in [-0.25, -0.2) is 0 Å². The molecule has 2 rings (SSSR count). The first-order valence-corrected chi connectivity index (χ1v) is 5.62. The van der Waals surface area contributed by atoms with Gasteiger partial charge in [0.2, 0.25) is 5.91 Å². The van der Waals surface area contributed by atoms with Gasteiger partial charge in [0.05, 0.1) is 11.5 Å². The van der Waals surface area contributed by atoms with Crippen molar-refractivity contribution in [2.75, 3.05) is 13.2 Å². The van der Waals surface area contributed by atoms with E-state index in [2.05, 4.69) is 0 Å². The molecule has 1 aromatic rings. The molecule has 0 N–H and O–H groups in total. The second-order valence-electron chi connectivity index (χ2n) is 4.31. The number of non-ortho nitro benzene ring substituents is 1. The second-order valence-corrected chi connectivity index (χ2v) is 4.31. The van der Waals surface area contributed by atoms with Crippen LogP contribution in [-0.4, -0.2) is 28.9 Å². The molecule has 0 saturated carbocycles. The Balaban J connectivity index is 2.35. The Morgan fingerprint density at radius 3 is 2.56 bits per heavy atom. The fourth-order valence-corrected chi connectivity index (χ4v) is 2.22. The summed E-state index contributed by atoms with van der Waals surface area (Å²) in [5, 5.41) is 10.6. The highest BCUT2D eigenvalue weighted by molar-refractivity contribution is 5.74. The van der Waals surface area contributed by atoms with Crippen LogP contribution in [0.4, 0.5) is 5.69 Å². The van der Waals surface area contributed by atoms with Crippen molar-refractivity contribution in [3.05, 3.63) is 39.9 Å². The van der Waals surface area contributed by atoms with E-state index in [1.165, 1.54) is 19.1 Å². The monoisotopic (exact) mass is 250 g/mol. The van der Waals surface area contributed by atoms with Gasteiger partial charge in [-0.1, -0.05) is 0 Å². The SMILES string of the molecule is CC(=O)N1CCO[C@@]1(C)c1ccc([N+](=O)[O-])cc1. The van der Waals surface area contributed by atoms with Crippen molar-refractivity contribution in [3.63, 3.8) is 0 Å². The number of rotatable bonds is 2. The lowest BCUT2D eigenvalue weighted by atomic mass is 10.0. The number of nitro benzene ring substituents is 1. The molecule has 0 unspecified atom stereocenters. The molecule has 0 aliphatic carbocycles. The molecule has 1 aliphatic rings. The maximum absolute atomic E-state index is 11.5. The van der Waals surface area contributed by atoms with Gasteiger partial charge >= 0.3 is 0 Å². The number of benzene rings is 1. The summed E-state index contributed by atoms with van der Waals surface area (Å²) in [4.78, 5) is 23.3. The summed E-state index contributed by atoms with van der Waals surface area (Å²) < 4.78 is 5.64. The van der Waals surface area contributed by atoms with Crippen molar-refractivity contribution in [2.24, 2.45) is 0 Å². The van der Waals surface area contributed by atoms with Crippen LogP contribution < -0.4 is 0 Å². The molecule has 1 fully saturated rings. The van der Waals surface area contributed by atoms with Crippen molar-refractivity contribution >= 4 is 11.6 Å². The van der Waals surface area contributed by atoms with Crippen LogP contribution >= 0.6 is 0 Å². The predicted molar refractivity (Wildman–Crippen MR) is 63.8 cm³/mol. The molecule has 1 heterocycles. The highest BCUT2D eigenvalue weighted by Gasteiger charge is 2.41. The Morgan fingerprint density at radius 1 is 1.44 bits per heavy atom. The highest BCUT2D eigenvalue weighted by atomic mass is 16.6. The predicted octanol–water partition coefficient (Wildman–Crippen LogP) is 1.65. The lowest BCUT2D eigenvalue weighted by Crippen LogP contribution is -2.42. The van der Waals surface area contributed by atoms with Crippen LogP contribution in [-0.2, 0) is 15.3 Å². The Kier molecular flexibility index (Phi) is 3.04. The zero-order chi connectivity index (χ0) is 13.3. The van der Waals surface area contributed by atoms with Gasteiger partial charge in [-0.3, -0.25) is 14.9 Å². The fraction of sp³-hybridized carbons (Fsp3) is 0.417. The molecule has 1 amide bonds. The van der Waals surface area contributed by atoms with Crippen LogP contribution in [0.3, 0.4) is 0 Å². The molecule has 0 bridgehead atoms. The summed E-state index contributed by atoms with van der Waals surface area (Å²) in [6.45, 7) is 4.27. The normalized spacial score (nSPS) is 23.1. The average molecular weight is 250 g/mol. The lowest BCUT2D eigenvalue weighted by Gasteiger charge is -2.33. The Hall–Kier alpha value is -1.95. The molecule has 0 spiro atoms. The number of carbonyl (C=O) groups is 1. The molecule has 6 nitrogen and oxygen atoms in total. The van der Waals surface area contributed by atoms with Crippen molar-refractivity contribution < 1.29 is 14.5 Å². The minimum atomic E-state index is -0.832. The number of hydrogen-bond donors (Lipinski definition) is 0. The van der Waals surface area contributed by atoms with Crippen LogP contribution in [0.15, 0.2) is 24.3 Å². The zero-order valence-corrected chi connectivity index (χ0v) is 10.3. The summed E-state index contributed by atoms with van der Waals surface area (Å²) in [5.74, 6) is -0.0756. The smallest absolute Gasteiger partial charge is 0.269 e. The molecule has 1 aromatic carbocycles. The minimum absolute atomic E-state index is 0.0229. The van der Waals surface area contributed by atoms with Gasteiger partial charge < -0.3 is 9.64 Å². The van der Waals surface area contributed by atoms with Crippen molar-refractivity contribution in [1.29, 1.82) is 0 Å². The summed E-state index contributed by atoms with van der Waals surface area (Å²) >= 11 is 0. The number of ether oxygens (including phenoxy) is 1. The van der Waals surface area contributed by atoms with E-state index in [1.807, 2.05) is 0 Å². The molecule has 6 heteroatoms. The van der Waals surface area contributed by atoms with E-state index in [0.717, 1.165) is 5.56 Å². The van der Waals surface area contributed by atoms with Crippen molar-refractivity contribution in [2.45, 2.75) is 19.6 Å². The van der Waals surface area contributed by atoms with E-state index in [-0.39, 0.29) is 11.6 Å². The van der Waals surface area contributed by atoms with Gasteiger partial charge in [0, 0.05) is 31.2 Å². The van der Waals surface area contributed by atoms with E-state index in [9.17, 15) is 14.9 Å². The maximum atomic E-state index is 11.5.